The van der Waals surface area contributed by atoms with Gasteiger partial charge < -0.3 is 4.84 Å². The fourth-order valence-corrected chi connectivity index (χ4v) is 1.74. The van der Waals surface area contributed by atoms with Crippen molar-refractivity contribution in [1.29, 1.82) is 0 Å². The second-order valence-electron chi connectivity index (χ2n) is 4.26. The number of rotatable bonds is 1. The van der Waals surface area contributed by atoms with Gasteiger partial charge in [-0.05, 0) is 37.1 Å². The molecule has 19 heavy (non-hydrogen) atoms. The summed E-state index contributed by atoms with van der Waals surface area (Å²) in [6.07, 6.45) is 3.36. The third kappa shape index (κ3) is 4.57. The van der Waals surface area contributed by atoms with Crippen LogP contribution < -0.4 is 10.8 Å². The van der Waals surface area contributed by atoms with Crippen molar-refractivity contribution in [2.45, 2.75) is 25.7 Å². The van der Waals surface area contributed by atoms with E-state index in [0.717, 1.165) is 32.2 Å². The lowest BCUT2D eigenvalue weighted by Gasteiger charge is -2.09. The standard InChI is InChI=1S/C13H16FN3O2/c14-10-5-7-11(8-6-10)16-13(18)19-17-12-4-2-1-3-9-15-12/h5-8H,1-4,9H2,(H,15,17)(H,16,18). The summed E-state index contributed by atoms with van der Waals surface area (Å²) in [5.41, 5.74) is 3.03. The maximum Gasteiger partial charge on any atom is 0.435 e. The summed E-state index contributed by atoms with van der Waals surface area (Å²) < 4.78 is 12.7. The number of nitrogens with zero attached hydrogens (tertiary/aromatic N) is 1. The van der Waals surface area contributed by atoms with E-state index in [4.69, 9.17) is 4.84 Å². The molecular weight excluding hydrogens is 249 g/mol. The summed E-state index contributed by atoms with van der Waals surface area (Å²) in [6, 6.07) is 5.44. The number of anilines is 1. The van der Waals surface area contributed by atoms with Crippen LogP contribution in [-0.2, 0) is 4.84 Å². The lowest BCUT2D eigenvalue weighted by Crippen LogP contribution is -2.29. The molecular formula is C13H16FN3O2. The number of aliphatic imine (C=N–C) groups is 1. The molecule has 0 saturated heterocycles. The molecule has 0 fully saturated rings. The van der Waals surface area contributed by atoms with Crippen molar-refractivity contribution in [3.8, 4) is 0 Å². The van der Waals surface area contributed by atoms with Crippen LogP contribution in [0, 0.1) is 5.82 Å². The summed E-state index contributed by atoms with van der Waals surface area (Å²) in [6.45, 7) is 0.755. The minimum Gasteiger partial charge on any atom is -0.323 e. The number of hydrogen-bond donors (Lipinski definition) is 2. The fourth-order valence-electron chi connectivity index (χ4n) is 1.74. The Morgan fingerprint density at radius 1 is 1.21 bits per heavy atom. The highest BCUT2D eigenvalue weighted by molar-refractivity contribution is 5.87. The van der Waals surface area contributed by atoms with Crippen LogP contribution >= 0.6 is 0 Å². The van der Waals surface area contributed by atoms with Gasteiger partial charge in [-0.25, -0.2) is 14.7 Å². The van der Waals surface area contributed by atoms with Gasteiger partial charge in [0.25, 0.3) is 0 Å². The molecule has 0 atom stereocenters. The first-order valence-electron chi connectivity index (χ1n) is 6.27. The highest BCUT2D eigenvalue weighted by atomic mass is 19.1. The van der Waals surface area contributed by atoms with Crippen LogP contribution in [0.1, 0.15) is 25.7 Å². The molecule has 1 aromatic rings. The molecule has 1 amide bonds. The number of amidine groups is 1. The number of carbonyl (C=O) groups is 1. The topological polar surface area (TPSA) is 62.7 Å². The summed E-state index contributed by atoms with van der Waals surface area (Å²) in [4.78, 5) is 20.6. The number of amides is 1. The zero-order valence-corrected chi connectivity index (χ0v) is 10.5. The van der Waals surface area contributed by atoms with Gasteiger partial charge in [0, 0.05) is 18.7 Å². The van der Waals surface area contributed by atoms with Gasteiger partial charge in [0.05, 0.1) is 0 Å². The predicted molar refractivity (Wildman–Crippen MR) is 70.4 cm³/mol. The predicted octanol–water partition coefficient (Wildman–Crippen LogP) is 2.85. The van der Waals surface area contributed by atoms with Crippen molar-refractivity contribution in [2.24, 2.45) is 4.99 Å². The highest BCUT2D eigenvalue weighted by Gasteiger charge is 2.07. The largest absolute Gasteiger partial charge is 0.435 e. The Balaban J connectivity index is 1.78. The molecule has 1 heterocycles. The molecule has 1 aromatic carbocycles. The smallest absolute Gasteiger partial charge is 0.323 e. The lowest BCUT2D eigenvalue weighted by atomic mass is 10.2. The SMILES string of the molecule is O=C(Nc1ccc(F)cc1)ONC1=NCCCCC1. The first-order chi connectivity index (χ1) is 9.24. The average molecular weight is 265 g/mol. The summed E-state index contributed by atoms with van der Waals surface area (Å²) >= 11 is 0. The van der Waals surface area contributed by atoms with Crippen LogP contribution in [0.25, 0.3) is 0 Å². The molecule has 0 unspecified atom stereocenters. The Hall–Kier alpha value is -2.11. The molecule has 1 aliphatic rings. The Labute approximate surface area is 110 Å². The molecule has 0 spiro atoms. The van der Waals surface area contributed by atoms with Gasteiger partial charge in [0.15, 0.2) is 0 Å². The van der Waals surface area contributed by atoms with Crippen LogP contribution in [0.15, 0.2) is 29.3 Å². The van der Waals surface area contributed by atoms with Gasteiger partial charge >= 0.3 is 6.09 Å². The first-order valence-corrected chi connectivity index (χ1v) is 6.27. The second kappa shape index (κ2) is 6.72. The van der Waals surface area contributed by atoms with Gasteiger partial charge in [-0.1, -0.05) is 6.42 Å². The maximum atomic E-state index is 12.7. The highest BCUT2D eigenvalue weighted by Crippen LogP contribution is 2.09. The van der Waals surface area contributed by atoms with Crippen molar-refractivity contribution < 1.29 is 14.0 Å². The molecule has 5 nitrogen and oxygen atoms in total. The van der Waals surface area contributed by atoms with Crippen molar-refractivity contribution in [2.75, 3.05) is 11.9 Å². The van der Waals surface area contributed by atoms with Crippen molar-refractivity contribution in [1.82, 2.24) is 5.48 Å². The molecule has 102 valence electrons. The van der Waals surface area contributed by atoms with Crippen molar-refractivity contribution >= 4 is 17.6 Å². The first kappa shape index (κ1) is 13.3. The van der Waals surface area contributed by atoms with Crippen LogP contribution in [0.2, 0.25) is 0 Å². The van der Waals surface area contributed by atoms with Gasteiger partial charge in [-0.3, -0.25) is 10.3 Å². The third-order valence-electron chi connectivity index (χ3n) is 2.73. The van der Waals surface area contributed by atoms with Crippen LogP contribution in [0.4, 0.5) is 14.9 Å². The Bertz CT molecular complexity index is 459. The number of halogens is 1. The number of hydrogen-bond acceptors (Lipinski definition) is 4. The van der Waals surface area contributed by atoms with Gasteiger partial charge in [-0.2, -0.15) is 0 Å². The summed E-state index contributed by atoms with van der Waals surface area (Å²) in [5, 5.41) is 2.48. The zero-order valence-electron chi connectivity index (χ0n) is 10.5. The number of nitrogens with one attached hydrogen (secondary N) is 2. The van der Waals surface area contributed by atoms with E-state index >= 15 is 0 Å². The normalized spacial score (nSPS) is 15.1. The zero-order chi connectivity index (χ0) is 13.5. The van der Waals surface area contributed by atoms with E-state index in [9.17, 15) is 9.18 Å². The Morgan fingerprint density at radius 2 is 2.00 bits per heavy atom. The summed E-state index contributed by atoms with van der Waals surface area (Å²) in [7, 11) is 0. The van der Waals surface area contributed by atoms with E-state index in [2.05, 4.69) is 15.8 Å². The van der Waals surface area contributed by atoms with E-state index in [1.54, 1.807) is 0 Å². The van der Waals surface area contributed by atoms with Gasteiger partial charge in [-0.15, -0.1) is 0 Å². The Kier molecular flexibility index (Phi) is 4.72. The van der Waals surface area contributed by atoms with Crippen LogP contribution in [0.3, 0.4) is 0 Å². The third-order valence-corrected chi connectivity index (χ3v) is 2.73. The monoisotopic (exact) mass is 265 g/mol. The molecule has 0 aliphatic carbocycles. The molecule has 2 N–H and O–H groups in total. The van der Waals surface area contributed by atoms with Crippen molar-refractivity contribution in [3.63, 3.8) is 0 Å². The van der Waals surface area contributed by atoms with Gasteiger partial charge in [0.2, 0.25) is 0 Å². The Morgan fingerprint density at radius 3 is 2.79 bits per heavy atom. The number of carbonyl (C=O) groups excluding carboxylic acids is 1. The molecule has 0 bridgehead atoms. The molecule has 1 aliphatic heterocycles. The number of benzene rings is 1. The maximum absolute atomic E-state index is 12.7. The molecule has 6 heteroatoms. The quantitative estimate of drug-likeness (QED) is 0.767. The van der Waals surface area contributed by atoms with Crippen LogP contribution in [0.5, 0.6) is 0 Å². The van der Waals surface area contributed by atoms with Gasteiger partial charge in [0.1, 0.15) is 11.7 Å². The average Bonchev–Trinajstić information content (AvgIpc) is 2.68. The van der Waals surface area contributed by atoms with Crippen LogP contribution in [-0.4, -0.2) is 18.5 Å². The summed E-state index contributed by atoms with van der Waals surface area (Å²) in [5.74, 6) is 0.330. The minimum absolute atomic E-state index is 0.357. The number of hydroxylamine groups is 1. The molecule has 0 saturated carbocycles. The van der Waals surface area contributed by atoms with Crippen molar-refractivity contribution in [3.05, 3.63) is 30.1 Å². The van der Waals surface area contributed by atoms with E-state index in [0.29, 0.717) is 11.5 Å². The molecule has 0 radical (unpaired) electrons. The molecule has 0 aromatic heterocycles. The fraction of sp³-hybridized carbons (Fsp3) is 0.385. The van der Waals surface area contributed by atoms with E-state index in [-0.39, 0.29) is 5.82 Å². The lowest BCUT2D eigenvalue weighted by molar-refractivity contribution is 0.134. The minimum atomic E-state index is -0.654. The van der Waals surface area contributed by atoms with E-state index in [1.807, 2.05) is 0 Å². The van der Waals surface area contributed by atoms with E-state index in [1.165, 1.54) is 24.3 Å². The van der Waals surface area contributed by atoms with E-state index < -0.39 is 6.09 Å². The second-order valence-corrected chi connectivity index (χ2v) is 4.26. The molecule has 2 rings (SSSR count).